The predicted molar refractivity (Wildman–Crippen MR) is 112 cm³/mol. The molecular formula is C23H30N2O3. The molecular weight excluding hydrogens is 352 g/mol. The number of ether oxygens (including phenoxy) is 2. The zero-order valence-corrected chi connectivity index (χ0v) is 17.3. The summed E-state index contributed by atoms with van der Waals surface area (Å²) in [6, 6.07) is 10.2. The zero-order valence-electron chi connectivity index (χ0n) is 17.3. The number of aryl methyl sites for hydroxylation is 2. The highest BCUT2D eigenvalue weighted by Crippen LogP contribution is 2.33. The highest BCUT2D eigenvalue weighted by atomic mass is 16.5. The number of carbonyl (C=O) groups is 1. The van der Waals surface area contributed by atoms with Gasteiger partial charge in [0.15, 0.2) is 11.5 Å². The molecule has 0 unspecified atom stereocenters. The largest absolute Gasteiger partial charge is 0.493 e. The lowest BCUT2D eigenvalue weighted by atomic mass is 9.99. The van der Waals surface area contributed by atoms with E-state index in [1.165, 1.54) is 24.0 Å². The number of rotatable bonds is 6. The van der Waals surface area contributed by atoms with E-state index in [0.717, 1.165) is 35.4 Å². The van der Waals surface area contributed by atoms with Gasteiger partial charge in [0.05, 0.1) is 14.2 Å². The lowest BCUT2D eigenvalue weighted by molar-refractivity contribution is 0.206. The molecule has 1 heterocycles. The topological polar surface area (TPSA) is 50.8 Å². The molecule has 0 aliphatic carbocycles. The van der Waals surface area contributed by atoms with Crippen molar-refractivity contribution in [3.8, 4) is 11.5 Å². The number of fused-ring (bicyclic) bond motifs is 1. The number of urea groups is 1. The van der Waals surface area contributed by atoms with Crippen molar-refractivity contribution in [2.24, 2.45) is 0 Å². The predicted octanol–water partition coefficient (Wildman–Crippen LogP) is 4.95. The van der Waals surface area contributed by atoms with Crippen molar-refractivity contribution in [3.05, 3.63) is 52.6 Å². The molecule has 5 nitrogen and oxygen atoms in total. The summed E-state index contributed by atoms with van der Waals surface area (Å²) >= 11 is 0. The van der Waals surface area contributed by atoms with Gasteiger partial charge in [-0.05, 0) is 66.6 Å². The lowest BCUT2D eigenvalue weighted by Crippen LogP contribution is -2.39. The molecule has 28 heavy (non-hydrogen) atoms. The average molecular weight is 383 g/mol. The molecule has 2 aromatic carbocycles. The van der Waals surface area contributed by atoms with Crippen LogP contribution in [0.25, 0.3) is 0 Å². The maximum absolute atomic E-state index is 12.8. The lowest BCUT2D eigenvalue weighted by Gasteiger charge is -2.30. The van der Waals surface area contributed by atoms with Crippen LogP contribution in [0.15, 0.2) is 30.3 Å². The monoisotopic (exact) mass is 382 g/mol. The molecule has 0 spiro atoms. The minimum absolute atomic E-state index is 0.0650. The van der Waals surface area contributed by atoms with E-state index in [9.17, 15) is 4.79 Å². The summed E-state index contributed by atoms with van der Waals surface area (Å²) in [6.45, 7) is 5.49. The van der Waals surface area contributed by atoms with E-state index >= 15 is 0 Å². The molecule has 0 saturated carbocycles. The minimum Gasteiger partial charge on any atom is -0.493 e. The van der Waals surface area contributed by atoms with Gasteiger partial charge in [-0.25, -0.2) is 4.79 Å². The Kier molecular flexibility index (Phi) is 6.45. The van der Waals surface area contributed by atoms with Crippen LogP contribution in [0, 0.1) is 6.92 Å². The Hall–Kier alpha value is -2.69. The Morgan fingerprint density at radius 2 is 1.82 bits per heavy atom. The van der Waals surface area contributed by atoms with E-state index in [-0.39, 0.29) is 6.03 Å². The smallest absolute Gasteiger partial charge is 0.322 e. The van der Waals surface area contributed by atoms with E-state index < -0.39 is 0 Å². The summed E-state index contributed by atoms with van der Waals surface area (Å²) in [5.74, 6) is 1.43. The van der Waals surface area contributed by atoms with Crippen molar-refractivity contribution in [1.29, 1.82) is 0 Å². The number of unbranched alkanes of at least 4 members (excludes halogenated alkanes) is 1. The van der Waals surface area contributed by atoms with Crippen molar-refractivity contribution >= 4 is 11.7 Å². The van der Waals surface area contributed by atoms with Gasteiger partial charge in [0.2, 0.25) is 0 Å². The van der Waals surface area contributed by atoms with Crippen LogP contribution >= 0.6 is 0 Å². The van der Waals surface area contributed by atoms with Crippen molar-refractivity contribution in [3.63, 3.8) is 0 Å². The highest BCUT2D eigenvalue weighted by molar-refractivity contribution is 5.90. The molecule has 0 saturated heterocycles. The number of anilines is 1. The van der Waals surface area contributed by atoms with Gasteiger partial charge in [-0.1, -0.05) is 25.5 Å². The third kappa shape index (κ3) is 4.41. The van der Waals surface area contributed by atoms with Crippen LogP contribution in [-0.4, -0.2) is 31.7 Å². The first-order valence-corrected chi connectivity index (χ1v) is 9.95. The van der Waals surface area contributed by atoms with Gasteiger partial charge >= 0.3 is 6.03 Å². The van der Waals surface area contributed by atoms with E-state index in [4.69, 9.17) is 9.47 Å². The third-order valence-corrected chi connectivity index (χ3v) is 5.36. The highest BCUT2D eigenvalue weighted by Gasteiger charge is 2.23. The number of methoxy groups -OCH3 is 2. The Balaban J connectivity index is 1.69. The summed E-state index contributed by atoms with van der Waals surface area (Å²) < 4.78 is 10.8. The van der Waals surface area contributed by atoms with E-state index in [1.807, 2.05) is 30.0 Å². The van der Waals surface area contributed by atoms with E-state index in [2.05, 4.69) is 24.4 Å². The van der Waals surface area contributed by atoms with Crippen LogP contribution in [-0.2, 0) is 19.4 Å². The van der Waals surface area contributed by atoms with Crippen molar-refractivity contribution < 1.29 is 14.3 Å². The van der Waals surface area contributed by atoms with Gasteiger partial charge in [-0.15, -0.1) is 0 Å². The van der Waals surface area contributed by atoms with Gasteiger partial charge in [-0.3, -0.25) is 0 Å². The summed E-state index contributed by atoms with van der Waals surface area (Å²) in [7, 11) is 3.27. The number of carbonyl (C=O) groups excluding carboxylic acids is 1. The summed E-state index contributed by atoms with van der Waals surface area (Å²) in [4.78, 5) is 14.7. The van der Waals surface area contributed by atoms with Crippen molar-refractivity contribution in [2.75, 3.05) is 26.1 Å². The molecule has 2 amide bonds. The molecule has 1 aliphatic rings. The maximum Gasteiger partial charge on any atom is 0.322 e. The number of nitrogens with zero attached hydrogens (tertiary/aromatic N) is 1. The van der Waals surface area contributed by atoms with Crippen LogP contribution < -0.4 is 14.8 Å². The van der Waals surface area contributed by atoms with Crippen molar-refractivity contribution in [1.82, 2.24) is 4.90 Å². The quantitative estimate of drug-likeness (QED) is 0.769. The Morgan fingerprint density at radius 1 is 1.11 bits per heavy atom. The number of benzene rings is 2. The SMILES string of the molecule is CCCCc1ccc(NC(=O)N2CCc3cc(OC)c(OC)cc3C2)c(C)c1. The molecule has 0 bridgehead atoms. The molecule has 2 aromatic rings. The fraction of sp³-hybridized carbons (Fsp3) is 0.435. The minimum atomic E-state index is -0.0650. The van der Waals surface area contributed by atoms with E-state index in [1.54, 1.807) is 14.2 Å². The van der Waals surface area contributed by atoms with Crippen LogP contribution in [0.5, 0.6) is 11.5 Å². The normalized spacial score (nSPS) is 13.1. The fourth-order valence-corrected chi connectivity index (χ4v) is 3.65. The first-order valence-electron chi connectivity index (χ1n) is 9.95. The molecule has 0 fully saturated rings. The fourth-order valence-electron chi connectivity index (χ4n) is 3.65. The second-order valence-electron chi connectivity index (χ2n) is 7.33. The van der Waals surface area contributed by atoms with Crippen LogP contribution in [0.2, 0.25) is 0 Å². The average Bonchev–Trinajstić information content (AvgIpc) is 2.72. The maximum atomic E-state index is 12.8. The molecule has 0 radical (unpaired) electrons. The van der Waals surface area contributed by atoms with E-state index in [0.29, 0.717) is 18.8 Å². The van der Waals surface area contributed by atoms with Crippen LogP contribution in [0.1, 0.15) is 42.0 Å². The Morgan fingerprint density at radius 3 is 2.46 bits per heavy atom. The molecule has 1 aliphatic heterocycles. The Bertz CT molecular complexity index is 848. The second-order valence-corrected chi connectivity index (χ2v) is 7.33. The molecule has 3 rings (SSSR count). The Labute approximate surface area is 167 Å². The van der Waals surface area contributed by atoms with Gasteiger partial charge in [0.25, 0.3) is 0 Å². The zero-order chi connectivity index (χ0) is 20.1. The summed E-state index contributed by atoms with van der Waals surface area (Å²) in [5.41, 5.74) is 5.61. The summed E-state index contributed by atoms with van der Waals surface area (Å²) in [6.07, 6.45) is 4.26. The number of amides is 2. The molecule has 150 valence electrons. The molecule has 5 heteroatoms. The summed E-state index contributed by atoms with van der Waals surface area (Å²) in [5, 5.41) is 3.08. The number of hydrogen-bond donors (Lipinski definition) is 1. The van der Waals surface area contributed by atoms with Gasteiger partial charge < -0.3 is 19.7 Å². The first-order chi connectivity index (χ1) is 13.5. The molecule has 0 atom stereocenters. The van der Waals surface area contributed by atoms with Gasteiger partial charge in [0.1, 0.15) is 0 Å². The van der Waals surface area contributed by atoms with Gasteiger partial charge in [0, 0.05) is 18.8 Å². The van der Waals surface area contributed by atoms with Crippen molar-refractivity contribution in [2.45, 2.75) is 46.1 Å². The number of nitrogens with one attached hydrogen (secondary N) is 1. The standard InChI is InChI=1S/C23H30N2O3/c1-5-6-7-17-8-9-20(16(2)12-17)24-23(26)25-11-10-18-13-21(27-3)22(28-4)14-19(18)15-25/h8-9,12-14H,5-7,10-11,15H2,1-4H3,(H,24,26). The van der Waals surface area contributed by atoms with Gasteiger partial charge in [-0.2, -0.15) is 0 Å². The van der Waals surface area contributed by atoms with Crippen LogP contribution in [0.4, 0.5) is 10.5 Å². The number of hydrogen-bond acceptors (Lipinski definition) is 3. The molecule has 1 N–H and O–H groups in total. The third-order valence-electron chi connectivity index (χ3n) is 5.36. The van der Waals surface area contributed by atoms with Crippen LogP contribution in [0.3, 0.4) is 0 Å². The molecule has 0 aromatic heterocycles. The first kappa shape index (κ1) is 20.1. The second kappa shape index (κ2) is 9.00.